The second kappa shape index (κ2) is 5.62. The van der Waals surface area contributed by atoms with Gasteiger partial charge in [0.1, 0.15) is 11.5 Å². The van der Waals surface area contributed by atoms with Crippen molar-refractivity contribution in [2.75, 3.05) is 4.90 Å². The van der Waals surface area contributed by atoms with E-state index in [1.165, 1.54) is 23.1 Å². The number of rotatable bonds is 3. The molecule has 4 rings (SSSR count). The van der Waals surface area contributed by atoms with Crippen LogP contribution in [-0.2, 0) is 4.79 Å². The molecule has 0 unspecified atom stereocenters. The normalized spacial score (nSPS) is 25.4. The van der Waals surface area contributed by atoms with Gasteiger partial charge in [-0.25, -0.2) is 0 Å². The van der Waals surface area contributed by atoms with Gasteiger partial charge in [0.25, 0.3) is 5.91 Å². The molecule has 1 amide bonds. The van der Waals surface area contributed by atoms with Crippen molar-refractivity contribution < 1.29 is 9.21 Å². The molecule has 116 valence electrons. The highest BCUT2D eigenvalue weighted by molar-refractivity contribution is 8.27. The van der Waals surface area contributed by atoms with E-state index in [2.05, 4.69) is 11.9 Å². The van der Waals surface area contributed by atoms with Crippen molar-refractivity contribution in [2.45, 2.75) is 19.3 Å². The van der Waals surface area contributed by atoms with Crippen molar-refractivity contribution >= 4 is 46.0 Å². The van der Waals surface area contributed by atoms with Crippen LogP contribution in [0, 0.1) is 5.92 Å². The summed E-state index contributed by atoms with van der Waals surface area (Å²) in [4.78, 5) is 18.7. The second-order valence-electron chi connectivity index (χ2n) is 5.79. The Kier molecular flexibility index (Phi) is 3.58. The van der Waals surface area contributed by atoms with Gasteiger partial charge in [-0.15, -0.1) is 0 Å². The first-order chi connectivity index (χ1) is 11.1. The molecule has 2 aromatic rings. The molecule has 2 aliphatic rings. The van der Waals surface area contributed by atoms with Crippen LogP contribution >= 0.6 is 24.0 Å². The molecule has 2 fully saturated rings. The Hall–Kier alpha value is -1.92. The average Bonchev–Trinajstić information content (AvgIpc) is 2.98. The lowest BCUT2D eigenvalue weighted by molar-refractivity contribution is -0.113. The summed E-state index contributed by atoms with van der Waals surface area (Å²) >= 11 is 6.62. The summed E-state index contributed by atoms with van der Waals surface area (Å²) in [5.41, 5.74) is 0.685. The number of nitrogens with zero attached hydrogens (tertiary/aromatic N) is 2. The smallest absolute Gasteiger partial charge is 0.270 e. The molecule has 1 saturated carbocycles. The molecule has 0 radical (unpaired) electrons. The lowest BCUT2D eigenvalue weighted by atomic mass is 10.3. The van der Waals surface area contributed by atoms with Crippen LogP contribution < -0.4 is 4.90 Å². The molecule has 1 saturated heterocycles. The fourth-order valence-corrected chi connectivity index (χ4v) is 3.95. The van der Waals surface area contributed by atoms with Crippen LogP contribution in [0.2, 0.25) is 0 Å². The predicted molar refractivity (Wildman–Crippen MR) is 95.1 cm³/mol. The fourth-order valence-electron chi connectivity index (χ4n) is 2.67. The van der Waals surface area contributed by atoms with E-state index in [9.17, 15) is 4.79 Å². The maximum absolute atomic E-state index is 12.6. The van der Waals surface area contributed by atoms with E-state index in [-0.39, 0.29) is 5.91 Å². The van der Waals surface area contributed by atoms with E-state index >= 15 is 0 Å². The van der Waals surface area contributed by atoms with E-state index in [1.807, 2.05) is 18.2 Å². The molecule has 2 atom stereocenters. The van der Waals surface area contributed by atoms with E-state index in [1.54, 1.807) is 24.5 Å². The number of anilines is 1. The third-order valence-corrected chi connectivity index (χ3v) is 5.40. The molecule has 2 aromatic heterocycles. The number of thiocarbonyl (C=S) groups is 1. The van der Waals surface area contributed by atoms with Gasteiger partial charge in [-0.1, -0.05) is 30.9 Å². The number of hydrogen-bond acceptors (Lipinski definition) is 5. The highest BCUT2D eigenvalue weighted by Crippen LogP contribution is 2.47. The van der Waals surface area contributed by atoms with Crippen molar-refractivity contribution in [3.63, 3.8) is 0 Å². The van der Waals surface area contributed by atoms with Crippen LogP contribution in [0.15, 0.2) is 46.0 Å². The number of carbonyl (C=O) groups excluding carboxylic acids is 1. The summed E-state index contributed by atoms with van der Waals surface area (Å²) in [6.45, 7) is 2.21. The number of thioether (sulfide) groups is 1. The van der Waals surface area contributed by atoms with Crippen molar-refractivity contribution in [1.29, 1.82) is 0 Å². The van der Waals surface area contributed by atoms with E-state index in [4.69, 9.17) is 16.6 Å². The van der Waals surface area contributed by atoms with E-state index in [0.29, 0.717) is 32.5 Å². The predicted octanol–water partition coefficient (Wildman–Crippen LogP) is 4.20. The van der Waals surface area contributed by atoms with Crippen LogP contribution in [-0.4, -0.2) is 15.2 Å². The Balaban J connectivity index is 1.59. The first-order valence-corrected chi connectivity index (χ1v) is 8.63. The highest BCUT2D eigenvalue weighted by atomic mass is 32.2. The topological polar surface area (TPSA) is 46.3 Å². The molecule has 4 nitrogen and oxygen atoms in total. The summed E-state index contributed by atoms with van der Waals surface area (Å²) in [6, 6.07) is 7.52. The maximum Gasteiger partial charge on any atom is 0.270 e. The van der Waals surface area contributed by atoms with Gasteiger partial charge in [0.15, 0.2) is 4.32 Å². The zero-order valence-corrected chi connectivity index (χ0v) is 14.1. The van der Waals surface area contributed by atoms with Gasteiger partial charge >= 0.3 is 0 Å². The Bertz CT molecular complexity index is 813. The van der Waals surface area contributed by atoms with Crippen LogP contribution in [0.3, 0.4) is 0 Å². The molecular formula is C17H14N2O2S2. The van der Waals surface area contributed by atoms with Crippen molar-refractivity contribution in [3.8, 4) is 0 Å². The number of aromatic nitrogens is 1. The maximum atomic E-state index is 12.6. The zero-order valence-electron chi connectivity index (χ0n) is 12.4. The number of hydrogen-bond donors (Lipinski definition) is 0. The number of carbonyl (C=O) groups is 1. The lowest BCUT2D eigenvalue weighted by Crippen LogP contribution is -2.27. The van der Waals surface area contributed by atoms with Gasteiger partial charge in [0, 0.05) is 18.2 Å². The summed E-state index contributed by atoms with van der Waals surface area (Å²) in [5.74, 6) is 2.79. The first kappa shape index (κ1) is 14.7. The Morgan fingerprint density at radius 1 is 1.43 bits per heavy atom. The number of amides is 1. The van der Waals surface area contributed by atoms with Gasteiger partial charge < -0.3 is 4.42 Å². The summed E-state index contributed by atoms with van der Waals surface area (Å²) in [6.07, 6.45) is 6.25. The summed E-state index contributed by atoms with van der Waals surface area (Å²) in [7, 11) is 0. The molecule has 1 aliphatic heterocycles. The molecule has 23 heavy (non-hydrogen) atoms. The minimum Gasteiger partial charge on any atom is -0.461 e. The van der Waals surface area contributed by atoms with Crippen LogP contribution in [0.25, 0.3) is 6.08 Å². The van der Waals surface area contributed by atoms with Crippen molar-refractivity contribution in [1.82, 2.24) is 4.98 Å². The van der Waals surface area contributed by atoms with Gasteiger partial charge in [-0.05, 0) is 36.6 Å². The Morgan fingerprint density at radius 2 is 2.26 bits per heavy atom. The standard InChI is InChI=1S/C17H14N2O2S2/c1-10-7-13(10)14-5-4-12(21-14)8-15-16(20)19(17(22)23-15)11-3-2-6-18-9-11/h2-6,8-10,13H,7H2,1H3/b15-8-/t10-,13+/m1/s1. The fraction of sp³-hybridized carbons (Fsp3) is 0.235. The SMILES string of the molecule is C[C@@H]1C[C@@H]1c1ccc(/C=C2\SC(=S)N(c3cccnc3)C2=O)o1. The average molecular weight is 342 g/mol. The molecule has 0 aromatic carbocycles. The van der Waals surface area contributed by atoms with Crippen LogP contribution in [0.4, 0.5) is 5.69 Å². The molecule has 6 heteroatoms. The van der Waals surface area contributed by atoms with Gasteiger partial charge in [-0.2, -0.15) is 0 Å². The minimum atomic E-state index is -0.134. The largest absolute Gasteiger partial charge is 0.461 e. The molecule has 3 heterocycles. The van der Waals surface area contributed by atoms with Crippen LogP contribution in [0.1, 0.15) is 30.8 Å². The Morgan fingerprint density at radius 3 is 2.96 bits per heavy atom. The lowest BCUT2D eigenvalue weighted by Gasteiger charge is -2.13. The minimum absolute atomic E-state index is 0.134. The van der Waals surface area contributed by atoms with E-state index in [0.717, 1.165) is 5.76 Å². The number of furan rings is 1. The third kappa shape index (κ3) is 2.72. The molecular weight excluding hydrogens is 328 g/mol. The van der Waals surface area contributed by atoms with Gasteiger partial charge in [-0.3, -0.25) is 14.7 Å². The molecule has 1 aliphatic carbocycles. The van der Waals surface area contributed by atoms with Crippen LogP contribution in [0.5, 0.6) is 0 Å². The van der Waals surface area contributed by atoms with Crippen molar-refractivity contribution in [3.05, 3.63) is 53.1 Å². The van der Waals surface area contributed by atoms with Crippen molar-refractivity contribution in [2.24, 2.45) is 5.92 Å². The second-order valence-corrected chi connectivity index (χ2v) is 7.46. The van der Waals surface area contributed by atoms with Gasteiger partial charge in [0.2, 0.25) is 0 Å². The summed E-state index contributed by atoms with van der Waals surface area (Å²) in [5, 5.41) is 0. The monoisotopic (exact) mass is 342 g/mol. The first-order valence-electron chi connectivity index (χ1n) is 7.41. The molecule has 0 spiro atoms. The zero-order chi connectivity index (χ0) is 16.0. The van der Waals surface area contributed by atoms with Gasteiger partial charge in [0.05, 0.1) is 16.8 Å². The third-order valence-electron chi connectivity index (χ3n) is 4.09. The molecule has 0 N–H and O–H groups in total. The quantitative estimate of drug-likeness (QED) is 0.618. The summed E-state index contributed by atoms with van der Waals surface area (Å²) < 4.78 is 6.36. The highest BCUT2D eigenvalue weighted by Gasteiger charge is 2.37. The van der Waals surface area contributed by atoms with E-state index < -0.39 is 0 Å². The number of pyridine rings is 1. The Labute approximate surface area is 143 Å². The molecule has 0 bridgehead atoms.